The number of aryl methyl sites for hydroxylation is 1. The highest BCUT2D eigenvalue weighted by Crippen LogP contribution is 2.44. The number of allylic oxidation sites excluding steroid dienone is 1. The van der Waals surface area contributed by atoms with Crippen molar-refractivity contribution in [3.05, 3.63) is 62.9 Å². The molecule has 0 radical (unpaired) electrons. The number of nitriles is 1. The minimum Gasteiger partial charge on any atom is -0.497 e. The summed E-state index contributed by atoms with van der Waals surface area (Å²) in [6, 6.07) is 9.22. The van der Waals surface area contributed by atoms with Crippen LogP contribution < -0.4 is 25.5 Å². The van der Waals surface area contributed by atoms with Gasteiger partial charge in [0.05, 0.1) is 38.9 Å². The van der Waals surface area contributed by atoms with Crippen molar-refractivity contribution in [1.82, 2.24) is 9.47 Å². The lowest BCUT2D eigenvalue weighted by molar-refractivity contribution is 0.0362. The van der Waals surface area contributed by atoms with E-state index >= 15 is 0 Å². The summed E-state index contributed by atoms with van der Waals surface area (Å²) < 4.78 is 23.9. The van der Waals surface area contributed by atoms with E-state index in [2.05, 4.69) is 11.0 Å². The molecule has 4 rings (SSSR count). The molecule has 0 saturated carbocycles. The standard InChI is InChI=1S/C24H28N4O5/c1-15-12-20-22(24(29)28(15)7-6-27-8-10-32-11-9-27)21(18(14-25)23(26)33-20)17-13-16(30-2)4-5-19(17)31-3/h4-5,12-13,21H,6-11,26H2,1-3H3/t21-/m0/s1. The fraction of sp³-hybridized carbons (Fsp3) is 0.417. The van der Waals surface area contributed by atoms with Gasteiger partial charge in [0.1, 0.15) is 28.9 Å². The fourth-order valence-corrected chi connectivity index (χ4v) is 4.41. The highest BCUT2D eigenvalue weighted by atomic mass is 16.5. The number of methoxy groups -OCH3 is 2. The Morgan fingerprint density at radius 1 is 1.18 bits per heavy atom. The number of hydrogen-bond acceptors (Lipinski definition) is 8. The van der Waals surface area contributed by atoms with E-state index in [-0.39, 0.29) is 17.0 Å². The predicted molar refractivity (Wildman–Crippen MR) is 122 cm³/mol. The molecule has 2 aliphatic heterocycles. The van der Waals surface area contributed by atoms with E-state index in [1.54, 1.807) is 43.1 Å². The van der Waals surface area contributed by atoms with Gasteiger partial charge in [0.2, 0.25) is 5.88 Å². The first-order valence-electron chi connectivity index (χ1n) is 10.8. The van der Waals surface area contributed by atoms with Crippen molar-refractivity contribution in [2.45, 2.75) is 19.4 Å². The van der Waals surface area contributed by atoms with Crippen molar-refractivity contribution in [3.8, 4) is 23.3 Å². The Bertz CT molecular complexity index is 1170. The van der Waals surface area contributed by atoms with Crippen LogP contribution in [0.1, 0.15) is 22.7 Å². The molecule has 0 aliphatic carbocycles. The number of nitrogens with zero attached hydrogens (tertiary/aromatic N) is 3. The summed E-state index contributed by atoms with van der Waals surface area (Å²) in [5.74, 6) is 0.686. The van der Waals surface area contributed by atoms with Crippen LogP contribution in [0, 0.1) is 18.3 Å². The molecular weight excluding hydrogens is 424 g/mol. The molecule has 0 spiro atoms. The van der Waals surface area contributed by atoms with E-state index in [4.69, 9.17) is 24.7 Å². The molecule has 1 fully saturated rings. The van der Waals surface area contributed by atoms with Gasteiger partial charge < -0.3 is 29.2 Å². The molecule has 1 aromatic carbocycles. The van der Waals surface area contributed by atoms with Crippen LogP contribution in [0.4, 0.5) is 0 Å². The summed E-state index contributed by atoms with van der Waals surface area (Å²) in [6.07, 6.45) is 0. The van der Waals surface area contributed by atoms with Crippen molar-refractivity contribution in [3.63, 3.8) is 0 Å². The van der Waals surface area contributed by atoms with E-state index in [1.165, 1.54) is 0 Å². The summed E-state index contributed by atoms with van der Waals surface area (Å²) >= 11 is 0. The van der Waals surface area contributed by atoms with Crippen molar-refractivity contribution in [1.29, 1.82) is 5.26 Å². The number of morpholine rings is 1. The van der Waals surface area contributed by atoms with Gasteiger partial charge in [-0.1, -0.05) is 0 Å². The molecule has 2 aromatic rings. The third-order valence-electron chi connectivity index (χ3n) is 6.18. The molecule has 2 N–H and O–H groups in total. The number of nitrogens with two attached hydrogens (primary N) is 1. The van der Waals surface area contributed by atoms with Gasteiger partial charge in [-0.2, -0.15) is 5.26 Å². The van der Waals surface area contributed by atoms with E-state index in [9.17, 15) is 10.1 Å². The second kappa shape index (κ2) is 9.57. The van der Waals surface area contributed by atoms with Crippen molar-refractivity contribution < 1.29 is 18.9 Å². The number of pyridine rings is 1. The Balaban J connectivity index is 1.84. The van der Waals surface area contributed by atoms with E-state index in [0.717, 1.165) is 25.3 Å². The third kappa shape index (κ3) is 4.27. The molecule has 3 heterocycles. The fourth-order valence-electron chi connectivity index (χ4n) is 4.41. The van der Waals surface area contributed by atoms with Gasteiger partial charge in [0.25, 0.3) is 5.56 Å². The monoisotopic (exact) mass is 452 g/mol. The molecule has 0 unspecified atom stereocenters. The van der Waals surface area contributed by atoms with Crippen LogP contribution in [0.2, 0.25) is 0 Å². The number of hydrogen-bond donors (Lipinski definition) is 1. The first-order chi connectivity index (χ1) is 16.0. The number of fused-ring (bicyclic) bond motifs is 1. The second-order valence-corrected chi connectivity index (χ2v) is 8.01. The quantitative estimate of drug-likeness (QED) is 0.705. The SMILES string of the molecule is COc1ccc(OC)c([C@H]2C(C#N)=C(N)Oc3cc(C)n(CCN4CCOCC4)c(=O)c32)c1. The maximum Gasteiger partial charge on any atom is 0.258 e. The average molecular weight is 453 g/mol. The van der Waals surface area contributed by atoms with Crippen LogP contribution >= 0.6 is 0 Å². The van der Waals surface area contributed by atoms with E-state index in [1.807, 2.05) is 6.92 Å². The second-order valence-electron chi connectivity index (χ2n) is 8.01. The molecular formula is C24H28N4O5. The van der Waals surface area contributed by atoms with Gasteiger partial charge in [-0.15, -0.1) is 0 Å². The highest BCUT2D eigenvalue weighted by molar-refractivity contribution is 5.59. The summed E-state index contributed by atoms with van der Waals surface area (Å²) in [4.78, 5) is 16.1. The maximum atomic E-state index is 13.8. The van der Waals surface area contributed by atoms with Gasteiger partial charge in [-0.25, -0.2) is 0 Å². The van der Waals surface area contributed by atoms with Gasteiger partial charge in [0, 0.05) is 43.5 Å². The third-order valence-corrected chi connectivity index (χ3v) is 6.18. The average Bonchev–Trinajstić information content (AvgIpc) is 2.83. The lowest BCUT2D eigenvalue weighted by Gasteiger charge is -2.29. The molecule has 0 amide bonds. The molecule has 0 bridgehead atoms. The Hall–Kier alpha value is -3.48. The summed E-state index contributed by atoms with van der Waals surface area (Å²) in [5.41, 5.74) is 7.81. The lowest BCUT2D eigenvalue weighted by Crippen LogP contribution is -2.40. The maximum absolute atomic E-state index is 13.8. The summed E-state index contributed by atoms with van der Waals surface area (Å²) in [7, 11) is 3.10. The smallest absolute Gasteiger partial charge is 0.258 e. The van der Waals surface area contributed by atoms with E-state index < -0.39 is 5.92 Å². The molecule has 9 nitrogen and oxygen atoms in total. The van der Waals surface area contributed by atoms with Crippen molar-refractivity contribution in [2.24, 2.45) is 5.73 Å². The van der Waals surface area contributed by atoms with Gasteiger partial charge >= 0.3 is 0 Å². The number of aromatic nitrogens is 1. The van der Waals surface area contributed by atoms with Gasteiger partial charge in [-0.05, 0) is 25.1 Å². The first-order valence-corrected chi connectivity index (χ1v) is 10.8. The normalized spacial score (nSPS) is 18.3. The summed E-state index contributed by atoms with van der Waals surface area (Å²) in [6.45, 7) is 6.16. The number of rotatable bonds is 6. The van der Waals surface area contributed by atoms with Gasteiger partial charge in [0.15, 0.2) is 0 Å². The Labute approximate surface area is 192 Å². The highest BCUT2D eigenvalue weighted by Gasteiger charge is 2.36. The Morgan fingerprint density at radius 2 is 1.94 bits per heavy atom. The number of benzene rings is 1. The topological polar surface area (TPSA) is 112 Å². The largest absolute Gasteiger partial charge is 0.497 e. The van der Waals surface area contributed by atoms with Crippen molar-refractivity contribution >= 4 is 0 Å². The van der Waals surface area contributed by atoms with Crippen LogP contribution in [-0.4, -0.2) is 56.5 Å². The lowest BCUT2D eigenvalue weighted by atomic mass is 9.83. The molecule has 2 aliphatic rings. The van der Waals surface area contributed by atoms with E-state index in [0.29, 0.717) is 48.1 Å². The molecule has 1 atom stereocenters. The van der Waals surface area contributed by atoms with Crippen LogP contribution in [0.3, 0.4) is 0 Å². The van der Waals surface area contributed by atoms with Crippen molar-refractivity contribution in [2.75, 3.05) is 47.1 Å². The van der Waals surface area contributed by atoms with Gasteiger partial charge in [-0.3, -0.25) is 9.69 Å². The molecule has 9 heteroatoms. The van der Waals surface area contributed by atoms with Crippen LogP contribution in [0.15, 0.2) is 40.5 Å². The minimum absolute atomic E-state index is 0.0234. The summed E-state index contributed by atoms with van der Waals surface area (Å²) in [5, 5.41) is 9.93. The van der Waals surface area contributed by atoms with Crippen LogP contribution in [0.25, 0.3) is 0 Å². The van der Waals surface area contributed by atoms with Crippen LogP contribution in [0.5, 0.6) is 17.2 Å². The zero-order valence-electron chi connectivity index (χ0n) is 19.1. The number of ether oxygens (including phenoxy) is 4. The zero-order chi connectivity index (χ0) is 23.5. The Kier molecular flexibility index (Phi) is 6.58. The molecule has 1 aromatic heterocycles. The minimum atomic E-state index is -0.744. The Morgan fingerprint density at radius 3 is 2.61 bits per heavy atom. The zero-order valence-corrected chi connectivity index (χ0v) is 19.1. The van der Waals surface area contributed by atoms with Crippen LogP contribution in [-0.2, 0) is 11.3 Å². The molecule has 33 heavy (non-hydrogen) atoms. The molecule has 174 valence electrons. The predicted octanol–water partition coefficient (Wildman–Crippen LogP) is 1.72. The first kappa shape index (κ1) is 22.7. The molecule has 1 saturated heterocycles.